The summed E-state index contributed by atoms with van der Waals surface area (Å²) >= 11 is 0. The van der Waals surface area contributed by atoms with Gasteiger partial charge in [0.15, 0.2) is 0 Å². The van der Waals surface area contributed by atoms with Gasteiger partial charge in [0.25, 0.3) is 5.88 Å². The van der Waals surface area contributed by atoms with Crippen molar-refractivity contribution in [3.05, 3.63) is 27.4 Å². The molecule has 0 aliphatic rings. The maximum Gasteiger partial charge on any atom is 0.334 e. The second kappa shape index (κ2) is 6.41. The van der Waals surface area contributed by atoms with Crippen molar-refractivity contribution in [1.82, 2.24) is 10.3 Å². The van der Waals surface area contributed by atoms with Crippen LogP contribution in [0.5, 0.6) is 5.88 Å². The summed E-state index contributed by atoms with van der Waals surface area (Å²) in [6.45, 7) is 1.63. The summed E-state index contributed by atoms with van der Waals surface area (Å²) in [4.78, 5) is 14.2. The minimum atomic E-state index is -1.26. The van der Waals surface area contributed by atoms with Gasteiger partial charge in [0.05, 0.1) is 18.1 Å². The van der Waals surface area contributed by atoms with E-state index in [4.69, 9.17) is 4.74 Å². The van der Waals surface area contributed by atoms with E-state index in [2.05, 4.69) is 10.3 Å². The third-order valence-electron chi connectivity index (χ3n) is 2.78. The Morgan fingerprint density at radius 3 is 2.68 bits per heavy atom. The van der Waals surface area contributed by atoms with Crippen molar-refractivity contribution in [2.75, 3.05) is 20.7 Å². The SMILES string of the molecule is CNCC(O)C(O)c1cnc(OC)c([N+](=O)[O-])c1C. The second-order valence-corrected chi connectivity index (χ2v) is 4.02. The molecule has 0 aliphatic heterocycles. The number of nitro groups is 1. The van der Waals surface area contributed by atoms with Gasteiger partial charge in [0.2, 0.25) is 0 Å². The summed E-state index contributed by atoms with van der Waals surface area (Å²) in [5, 5.41) is 33.4. The molecular formula is C11H17N3O5. The van der Waals surface area contributed by atoms with Crippen LogP contribution in [0, 0.1) is 17.0 Å². The van der Waals surface area contributed by atoms with E-state index in [0.717, 1.165) is 0 Å². The number of pyridine rings is 1. The Morgan fingerprint density at radius 1 is 1.58 bits per heavy atom. The number of likely N-dealkylation sites (N-methyl/N-ethyl adjacent to an activating group) is 1. The van der Waals surface area contributed by atoms with Gasteiger partial charge in [0, 0.05) is 23.9 Å². The van der Waals surface area contributed by atoms with Crippen LogP contribution < -0.4 is 10.1 Å². The number of aromatic nitrogens is 1. The molecular weight excluding hydrogens is 254 g/mol. The molecule has 3 N–H and O–H groups in total. The van der Waals surface area contributed by atoms with Crippen molar-refractivity contribution in [1.29, 1.82) is 0 Å². The fourth-order valence-electron chi connectivity index (χ4n) is 1.77. The van der Waals surface area contributed by atoms with Gasteiger partial charge in [-0.25, -0.2) is 4.98 Å². The Hall–Kier alpha value is -1.77. The second-order valence-electron chi connectivity index (χ2n) is 4.02. The predicted molar refractivity (Wildman–Crippen MR) is 67.1 cm³/mol. The molecule has 1 heterocycles. The lowest BCUT2D eigenvalue weighted by molar-refractivity contribution is -0.386. The lowest BCUT2D eigenvalue weighted by atomic mass is 10.0. The topological polar surface area (TPSA) is 118 Å². The minimum absolute atomic E-state index is 0.124. The van der Waals surface area contributed by atoms with E-state index in [1.807, 2.05) is 0 Å². The standard InChI is InChI=1S/C11H17N3O5/c1-6-7(10(16)8(15)5-12-2)4-13-11(19-3)9(6)14(17)18/h4,8,10,12,15-16H,5H2,1-3H3. The molecule has 1 rings (SSSR count). The zero-order valence-electron chi connectivity index (χ0n) is 11.0. The molecule has 1 aromatic rings. The Kier molecular flexibility index (Phi) is 5.16. The summed E-state index contributed by atoms with van der Waals surface area (Å²) in [6, 6.07) is 0. The highest BCUT2D eigenvalue weighted by Gasteiger charge is 2.28. The number of ether oxygens (including phenoxy) is 1. The summed E-state index contributed by atoms with van der Waals surface area (Å²) in [5.74, 6) is -0.124. The van der Waals surface area contributed by atoms with Gasteiger partial charge in [-0.05, 0) is 14.0 Å². The third kappa shape index (κ3) is 3.16. The van der Waals surface area contributed by atoms with Crippen LogP contribution in [0.15, 0.2) is 6.20 Å². The van der Waals surface area contributed by atoms with Crippen LogP contribution >= 0.6 is 0 Å². The van der Waals surface area contributed by atoms with Crippen LogP contribution in [-0.2, 0) is 0 Å². The molecule has 0 spiro atoms. The van der Waals surface area contributed by atoms with Gasteiger partial charge >= 0.3 is 5.69 Å². The fraction of sp³-hybridized carbons (Fsp3) is 0.545. The summed E-state index contributed by atoms with van der Waals surface area (Å²) in [7, 11) is 2.90. The number of hydrogen-bond acceptors (Lipinski definition) is 7. The van der Waals surface area contributed by atoms with Crippen LogP contribution in [0.2, 0.25) is 0 Å². The molecule has 19 heavy (non-hydrogen) atoms. The molecule has 0 fully saturated rings. The lowest BCUT2D eigenvalue weighted by Crippen LogP contribution is -2.30. The van der Waals surface area contributed by atoms with E-state index in [1.165, 1.54) is 20.2 Å². The highest BCUT2D eigenvalue weighted by Crippen LogP contribution is 2.33. The molecule has 0 bridgehead atoms. The molecule has 0 radical (unpaired) electrons. The van der Waals surface area contributed by atoms with E-state index in [-0.39, 0.29) is 29.2 Å². The number of nitrogens with one attached hydrogen (secondary N) is 1. The van der Waals surface area contributed by atoms with Gasteiger partial charge in [-0.3, -0.25) is 10.1 Å². The summed E-state index contributed by atoms with van der Waals surface area (Å²) in [6.07, 6.45) is -1.08. The van der Waals surface area contributed by atoms with E-state index in [1.54, 1.807) is 7.05 Å². The molecule has 8 nitrogen and oxygen atoms in total. The Morgan fingerprint density at radius 2 is 2.21 bits per heavy atom. The van der Waals surface area contributed by atoms with E-state index in [0.29, 0.717) is 0 Å². The zero-order chi connectivity index (χ0) is 14.6. The van der Waals surface area contributed by atoms with Crippen LogP contribution in [0.3, 0.4) is 0 Å². The van der Waals surface area contributed by atoms with E-state index < -0.39 is 17.1 Å². The predicted octanol–water partition coefficient (Wildman–Crippen LogP) is -0.0795. The van der Waals surface area contributed by atoms with E-state index >= 15 is 0 Å². The van der Waals surface area contributed by atoms with Gasteiger partial charge in [-0.1, -0.05) is 0 Å². The molecule has 1 aromatic heterocycles. The molecule has 0 aliphatic carbocycles. The molecule has 8 heteroatoms. The van der Waals surface area contributed by atoms with Gasteiger partial charge in [-0.15, -0.1) is 0 Å². The first-order valence-electron chi connectivity index (χ1n) is 5.62. The van der Waals surface area contributed by atoms with Crippen LogP contribution in [-0.4, -0.2) is 46.9 Å². The zero-order valence-corrected chi connectivity index (χ0v) is 11.0. The number of hydrogen-bond donors (Lipinski definition) is 3. The Balaban J connectivity index is 3.23. The van der Waals surface area contributed by atoms with Gasteiger partial charge < -0.3 is 20.3 Å². The largest absolute Gasteiger partial charge is 0.476 e. The summed E-state index contributed by atoms with van der Waals surface area (Å²) in [5.41, 5.74) is 0.116. The lowest BCUT2D eigenvalue weighted by Gasteiger charge is -2.19. The summed E-state index contributed by atoms with van der Waals surface area (Å²) < 4.78 is 4.82. The van der Waals surface area contributed by atoms with Crippen molar-refractivity contribution in [3.63, 3.8) is 0 Å². The number of aliphatic hydroxyl groups is 2. The molecule has 0 saturated carbocycles. The Bertz CT molecular complexity index is 466. The average Bonchev–Trinajstić information content (AvgIpc) is 2.37. The highest BCUT2D eigenvalue weighted by atomic mass is 16.6. The fourth-order valence-corrected chi connectivity index (χ4v) is 1.77. The first-order chi connectivity index (χ1) is 8.93. The van der Waals surface area contributed by atoms with E-state index in [9.17, 15) is 20.3 Å². The normalized spacial score (nSPS) is 13.9. The van der Waals surface area contributed by atoms with Crippen molar-refractivity contribution in [3.8, 4) is 5.88 Å². The van der Waals surface area contributed by atoms with Gasteiger partial charge in [0.1, 0.15) is 6.10 Å². The van der Waals surface area contributed by atoms with Crippen LogP contribution in [0.4, 0.5) is 5.69 Å². The van der Waals surface area contributed by atoms with Crippen LogP contribution in [0.25, 0.3) is 0 Å². The quantitative estimate of drug-likeness (QED) is 0.489. The van der Waals surface area contributed by atoms with Crippen molar-refractivity contribution >= 4 is 5.69 Å². The van der Waals surface area contributed by atoms with Crippen LogP contribution in [0.1, 0.15) is 17.2 Å². The number of aliphatic hydroxyl groups excluding tert-OH is 2. The average molecular weight is 271 g/mol. The number of rotatable bonds is 6. The maximum atomic E-state index is 11.0. The minimum Gasteiger partial charge on any atom is -0.476 e. The molecule has 0 amide bonds. The molecule has 106 valence electrons. The van der Waals surface area contributed by atoms with Gasteiger partial charge in [-0.2, -0.15) is 0 Å². The highest BCUT2D eigenvalue weighted by molar-refractivity contribution is 5.51. The molecule has 0 saturated heterocycles. The number of methoxy groups -OCH3 is 1. The molecule has 0 aromatic carbocycles. The van der Waals surface area contributed by atoms with Crippen molar-refractivity contribution < 1.29 is 19.9 Å². The van der Waals surface area contributed by atoms with Crippen molar-refractivity contribution in [2.24, 2.45) is 0 Å². The maximum absolute atomic E-state index is 11.0. The monoisotopic (exact) mass is 271 g/mol. The first-order valence-corrected chi connectivity index (χ1v) is 5.62. The first kappa shape index (κ1) is 15.3. The molecule has 2 unspecified atom stereocenters. The number of nitrogens with zero attached hydrogens (tertiary/aromatic N) is 2. The smallest absolute Gasteiger partial charge is 0.334 e. The Labute approximate surface area is 110 Å². The third-order valence-corrected chi connectivity index (χ3v) is 2.78. The van der Waals surface area contributed by atoms with Crippen molar-refractivity contribution in [2.45, 2.75) is 19.1 Å². The molecule has 2 atom stereocenters.